The minimum atomic E-state index is -2.81. The molecule has 23 heavy (non-hydrogen) atoms. The molecule has 0 saturated carbocycles. The third kappa shape index (κ3) is 4.38. The zero-order valence-corrected chi connectivity index (χ0v) is 14.1. The summed E-state index contributed by atoms with van der Waals surface area (Å²) >= 11 is 0. The van der Waals surface area contributed by atoms with Crippen molar-refractivity contribution < 1.29 is 13.5 Å². The third-order valence-electron chi connectivity index (χ3n) is 3.68. The SMILES string of the molecule is CCC(F)(F)c1cccc(-c2cc(C)nn2CCOC(C)C)c1. The number of nitrogens with zero attached hydrogens (tertiary/aromatic N) is 2. The van der Waals surface area contributed by atoms with Gasteiger partial charge in [0, 0.05) is 17.5 Å². The van der Waals surface area contributed by atoms with Crippen molar-refractivity contribution in [2.24, 2.45) is 0 Å². The van der Waals surface area contributed by atoms with Crippen LogP contribution in [0.2, 0.25) is 0 Å². The third-order valence-corrected chi connectivity index (χ3v) is 3.68. The van der Waals surface area contributed by atoms with Crippen LogP contribution in [0, 0.1) is 6.92 Å². The van der Waals surface area contributed by atoms with E-state index in [4.69, 9.17) is 4.74 Å². The molecular formula is C18H24F2N2O. The van der Waals surface area contributed by atoms with E-state index in [1.165, 1.54) is 13.0 Å². The second-order valence-electron chi connectivity index (χ2n) is 5.95. The van der Waals surface area contributed by atoms with Crippen molar-refractivity contribution in [1.29, 1.82) is 0 Å². The first kappa shape index (κ1) is 17.6. The quantitative estimate of drug-likeness (QED) is 0.733. The number of hydrogen-bond acceptors (Lipinski definition) is 2. The Kier molecular flexibility index (Phi) is 5.52. The van der Waals surface area contributed by atoms with Crippen LogP contribution in [-0.4, -0.2) is 22.5 Å². The van der Waals surface area contributed by atoms with E-state index in [0.29, 0.717) is 13.2 Å². The predicted molar refractivity (Wildman–Crippen MR) is 87.7 cm³/mol. The van der Waals surface area contributed by atoms with Gasteiger partial charge in [0.15, 0.2) is 0 Å². The van der Waals surface area contributed by atoms with Gasteiger partial charge in [-0.15, -0.1) is 0 Å². The molecule has 126 valence electrons. The van der Waals surface area contributed by atoms with Crippen LogP contribution in [0.1, 0.15) is 38.4 Å². The first-order valence-corrected chi connectivity index (χ1v) is 7.98. The van der Waals surface area contributed by atoms with E-state index < -0.39 is 5.92 Å². The summed E-state index contributed by atoms with van der Waals surface area (Å²) in [5, 5.41) is 4.45. The zero-order chi connectivity index (χ0) is 17.0. The Labute approximate surface area is 136 Å². The maximum atomic E-state index is 13.9. The Morgan fingerprint density at radius 2 is 2.00 bits per heavy atom. The molecule has 2 rings (SSSR count). The highest BCUT2D eigenvalue weighted by molar-refractivity contribution is 5.61. The fourth-order valence-electron chi connectivity index (χ4n) is 2.43. The number of alkyl halides is 2. The van der Waals surface area contributed by atoms with Crippen LogP contribution in [0.3, 0.4) is 0 Å². The van der Waals surface area contributed by atoms with Crippen molar-refractivity contribution in [3.8, 4) is 11.3 Å². The van der Waals surface area contributed by atoms with Crippen LogP contribution >= 0.6 is 0 Å². The molecule has 0 spiro atoms. The number of hydrogen-bond donors (Lipinski definition) is 0. The van der Waals surface area contributed by atoms with E-state index >= 15 is 0 Å². The Hall–Kier alpha value is -1.75. The summed E-state index contributed by atoms with van der Waals surface area (Å²) < 4.78 is 35.3. The minimum Gasteiger partial charge on any atom is -0.377 e. The molecule has 1 heterocycles. The Balaban J connectivity index is 2.30. The fraction of sp³-hybridized carbons (Fsp3) is 0.500. The van der Waals surface area contributed by atoms with Crippen molar-refractivity contribution in [2.75, 3.05) is 6.61 Å². The van der Waals surface area contributed by atoms with Gasteiger partial charge in [0.25, 0.3) is 5.92 Å². The van der Waals surface area contributed by atoms with E-state index in [1.54, 1.807) is 12.1 Å². The summed E-state index contributed by atoms with van der Waals surface area (Å²) in [6.07, 6.45) is -0.0570. The Morgan fingerprint density at radius 3 is 2.65 bits per heavy atom. The largest absolute Gasteiger partial charge is 0.377 e. The van der Waals surface area contributed by atoms with Crippen LogP contribution in [0.4, 0.5) is 8.78 Å². The molecule has 1 aromatic carbocycles. The molecule has 0 fully saturated rings. The molecule has 0 aliphatic heterocycles. The number of aryl methyl sites for hydroxylation is 1. The topological polar surface area (TPSA) is 27.1 Å². The molecule has 0 unspecified atom stereocenters. The van der Waals surface area contributed by atoms with E-state index in [2.05, 4.69) is 5.10 Å². The Morgan fingerprint density at radius 1 is 1.26 bits per heavy atom. The van der Waals surface area contributed by atoms with Gasteiger partial charge >= 0.3 is 0 Å². The van der Waals surface area contributed by atoms with Crippen molar-refractivity contribution >= 4 is 0 Å². The summed E-state index contributed by atoms with van der Waals surface area (Å²) in [5.74, 6) is -2.81. The first-order chi connectivity index (χ1) is 10.8. The molecule has 5 heteroatoms. The summed E-state index contributed by atoms with van der Waals surface area (Å²) in [6, 6.07) is 8.46. The standard InChI is InChI=1S/C18H24F2N2O/c1-5-18(19,20)16-8-6-7-15(12-16)17-11-14(4)21-22(17)9-10-23-13(2)3/h6-8,11-13H,5,9-10H2,1-4H3. The van der Waals surface area contributed by atoms with Gasteiger partial charge in [-0.2, -0.15) is 5.10 Å². The van der Waals surface area contributed by atoms with Crippen LogP contribution in [0.25, 0.3) is 11.3 Å². The smallest absolute Gasteiger partial charge is 0.273 e. The predicted octanol–water partition coefficient (Wildman–Crippen LogP) is 4.79. The number of halogens is 2. The van der Waals surface area contributed by atoms with Gasteiger partial charge in [-0.1, -0.05) is 25.1 Å². The molecule has 0 saturated heterocycles. The number of rotatable bonds is 7. The molecule has 0 aliphatic rings. The Bertz CT molecular complexity index is 650. The molecule has 0 atom stereocenters. The molecule has 0 N–H and O–H groups in total. The monoisotopic (exact) mass is 322 g/mol. The summed E-state index contributed by atoms with van der Waals surface area (Å²) in [6.45, 7) is 8.47. The molecule has 1 aromatic heterocycles. The second-order valence-corrected chi connectivity index (χ2v) is 5.95. The van der Waals surface area contributed by atoms with Gasteiger partial charge in [0.2, 0.25) is 0 Å². The van der Waals surface area contributed by atoms with Gasteiger partial charge in [-0.25, -0.2) is 8.78 Å². The van der Waals surface area contributed by atoms with E-state index in [1.807, 2.05) is 37.6 Å². The lowest BCUT2D eigenvalue weighted by Crippen LogP contribution is -2.13. The highest BCUT2D eigenvalue weighted by atomic mass is 19.3. The molecular weight excluding hydrogens is 298 g/mol. The lowest BCUT2D eigenvalue weighted by atomic mass is 10.0. The van der Waals surface area contributed by atoms with Gasteiger partial charge in [-0.05, 0) is 32.9 Å². The highest BCUT2D eigenvalue weighted by Crippen LogP contribution is 2.33. The van der Waals surface area contributed by atoms with Crippen LogP contribution < -0.4 is 0 Å². The van der Waals surface area contributed by atoms with Crippen molar-refractivity contribution in [3.05, 3.63) is 41.6 Å². The van der Waals surface area contributed by atoms with Crippen LogP contribution in [0.15, 0.2) is 30.3 Å². The lowest BCUT2D eigenvalue weighted by molar-refractivity contribution is -0.00825. The van der Waals surface area contributed by atoms with Gasteiger partial charge in [0.1, 0.15) is 0 Å². The lowest BCUT2D eigenvalue weighted by Gasteiger charge is -2.16. The molecule has 0 amide bonds. The molecule has 2 aromatic rings. The summed E-state index contributed by atoms with van der Waals surface area (Å²) in [7, 11) is 0. The number of ether oxygens (including phenoxy) is 1. The molecule has 3 nitrogen and oxygen atoms in total. The van der Waals surface area contributed by atoms with E-state index in [-0.39, 0.29) is 18.1 Å². The summed E-state index contributed by atoms with van der Waals surface area (Å²) in [4.78, 5) is 0. The molecule has 0 bridgehead atoms. The van der Waals surface area contributed by atoms with E-state index in [0.717, 1.165) is 17.0 Å². The molecule has 0 radical (unpaired) electrons. The van der Waals surface area contributed by atoms with Crippen molar-refractivity contribution in [3.63, 3.8) is 0 Å². The maximum absolute atomic E-state index is 13.9. The van der Waals surface area contributed by atoms with E-state index in [9.17, 15) is 8.78 Å². The van der Waals surface area contributed by atoms with Gasteiger partial charge in [0.05, 0.1) is 30.6 Å². The normalized spacial score (nSPS) is 12.1. The van der Waals surface area contributed by atoms with Crippen molar-refractivity contribution in [2.45, 2.75) is 52.7 Å². The average molecular weight is 322 g/mol. The number of aromatic nitrogens is 2. The zero-order valence-electron chi connectivity index (χ0n) is 14.1. The van der Waals surface area contributed by atoms with Gasteiger partial charge < -0.3 is 4.74 Å². The van der Waals surface area contributed by atoms with Gasteiger partial charge in [-0.3, -0.25) is 4.68 Å². The number of benzene rings is 1. The minimum absolute atomic E-state index is 0.0429. The molecule has 0 aliphatic carbocycles. The maximum Gasteiger partial charge on any atom is 0.273 e. The van der Waals surface area contributed by atoms with Crippen molar-refractivity contribution in [1.82, 2.24) is 9.78 Å². The van der Waals surface area contributed by atoms with Crippen LogP contribution in [-0.2, 0) is 17.2 Å². The first-order valence-electron chi connectivity index (χ1n) is 7.98. The second kappa shape index (κ2) is 7.21. The summed E-state index contributed by atoms with van der Waals surface area (Å²) in [5.41, 5.74) is 2.49. The fourth-order valence-corrected chi connectivity index (χ4v) is 2.43. The highest BCUT2D eigenvalue weighted by Gasteiger charge is 2.29. The average Bonchev–Trinajstić information content (AvgIpc) is 2.88. The van der Waals surface area contributed by atoms with Crippen LogP contribution in [0.5, 0.6) is 0 Å².